The molecule has 1 heterocycles. The van der Waals surface area contributed by atoms with Gasteiger partial charge in [0, 0.05) is 25.1 Å². The number of hydrogen-bond donors (Lipinski definition) is 1. The Morgan fingerprint density at radius 2 is 2.04 bits per heavy atom. The molecule has 2 aliphatic rings. The van der Waals surface area contributed by atoms with Crippen LogP contribution >= 0.6 is 0 Å². The number of methoxy groups -OCH3 is 1. The Morgan fingerprint density at radius 1 is 1.24 bits per heavy atom. The molecule has 1 aliphatic heterocycles. The SMILES string of the molecule is COc1ccc(NC(=O)CCC2CCCCC2)cc1N1CCCC1=O. The Hall–Kier alpha value is -2.04. The normalized spacial score (nSPS) is 18.4. The van der Waals surface area contributed by atoms with Gasteiger partial charge in [0.25, 0.3) is 0 Å². The second kappa shape index (κ2) is 8.37. The third-order valence-corrected chi connectivity index (χ3v) is 5.33. The summed E-state index contributed by atoms with van der Waals surface area (Å²) in [5, 5.41) is 2.98. The van der Waals surface area contributed by atoms with Gasteiger partial charge < -0.3 is 15.0 Å². The fraction of sp³-hybridized carbons (Fsp3) is 0.600. The maximum Gasteiger partial charge on any atom is 0.227 e. The highest BCUT2D eigenvalue weighted by molar-refractivity contribution is 5.98. The highest BCUT2D eigenvalue weighted by atomic mass is 16.5. The Kier molecular flexibility index (Phi) is 5.95. The van der Waals surface area contributed by atoms with Crippen molar-refractivity contribution in [1.29, 1.82) is 0 Å². The highest BCUT2D eigenvalue weighted by Gasteiger charge is 2.25. The van der Waals surface area contributed by atoms with Crippen LogP contribution in [0.15, 0.2) is 18.2 Å². The van der Waals surface area contributed by atoms with Gasteiger partial charge in [0.1, 0.15) is 5.75 Å². The van der Waals surface area contributed by atoms with Crippen LogP contribution in [0, 0.1) is 5.92 Å². The molecule has 0 bridgehead atoms. The van der Waals surface area contributed by atoms with Gasteiger partial charge >= 0.3 is 0 Å². The zero-order valence-corrected chi connectivity index (χ0v) is 15.1. The molecule has 0 atom stereocenters. The molecule has 1 N–H and O–H groups in total. The molecule has 5 heteroatoms. The van der Waals surface area contributed by atoms with Crippen LogP contribution < -0.4 is 15.0 Å². The molecule has 0 unspecified atom stereocenters. The first-order chi connectivity index (χ1) is 12.2. The van der Waals surface area contributed by atoms with Gasteiger partial charge in [-0.1, -0.05) is 32.1 Å². The average Bonchev–Trinajstić information content (AvgIpc) is 3.06. The van der Waals surface area contributed by atoms with E-state index in [1.54, 1.807) is 12.0 Å². The number of amides is 2. The van der Waals surface area contributed by atoms with E-state index in [1.165, 1.54) is 32.1 Å². The number of carbonyl (C=O) groups excluding carboxylic acids is 2. The first kappa shape index (κ1) is 17.8. The molecule has 5 nitrogen and oxygen atoms in total. The summed E-state index contributed by atoms with van der Waals surface area (Å²) in [6, 6.07) is 5.50. The second-order valence-corrected chi connectivity index (χ2v) is 7.13. The monoisotopic (exact) mass is 344 g/mol. The van der Waals surface area contributed by atoms with Crippen LogP contribution in [-0.4, -0.2) is 25.5 Å². The minimum atomic E-state index is 0.0504. The van der Waals surface area contributed by atoms with Crippen molar-refractivity contribution in [3.8, 4) is 5.75 Å². The average molecular weight is 344 g/mol. The lowest BCUT2D eigenvalue weighted by molar-refractivity contribution is -0.117. The topological polar surface area (TPSA) is 58.6 Å². The molecule has 1 aliphatic carbocycles. The third kappa shape index (κ3) is 4.53. The van der Waals surface area contributed by atoms with E-state index in [9.17, 15) is 9.59 Å². The van der Waals surface area contributed by atoms with Gasteiger partial charge in [-0.3, -0.25) is 9.59 Å². The molecule has 0 spiro atoms. The summed E-state index contributed by atoms with van der Waals surface area (Å²) in [6.07, 6.45) is 9.44. The Bertz CT molecular complexity index is 623. The number of nitrogens with one attached hydrogen (secondary N) is 1. The van der Waals surface area contributed by atoms with E-state index >= 15 is 0 Å². The molecule has 1 aromatic carbocycles. The maximum absolute atomic E-state index is 12.3. The van der Waals surface area contributed by atoms with Gasteiger partial charge in [0.15, 0.2) is 0 Å². The summed E-state index contributed by atoms with van der Waals surface area (Å²) in [7, 11) is 1.60. The Morgan fingerprint density at radius 3 is 2.72 bits per heavy atom. The van der Waals surface area contributed by atoms with Crippen LogP contribution in [0.2, 0.25) is 0 Å². The van der Waals surface area contributed by atoms with E-state index in [0.717, 1.165) is 24.2 Å². The van der Waals surface area contributed by atoms with Crippen molar-refractivity contribution < 1.29 is 14.3 Å². The number of hydrogen-bond acceptors (Lipinski definition) is 3. The van der Waals surface area contributed by atoms with Crippen LogP contribution in [0.25, 0.3) is 0 Å². The number of anilines is 2. The van der Waals surface area contributed by atoms with Gasteiger partial charge in [0.2, 0.25) is 11.8 Å². The van der Waals surface area contributed by atoms with Crippen molar-refractivity contribution in [2.45, 2.75) is 57.8 Å². The zero-order chi connectivity index (χ0) is 17.6. The van der Waals surface area contributed by atoms with Crippen molar-refractivity contribution in [3.63, 3.8) is 0 Å². The number of rotatable bonds is 6. The molecule has 1 saturated heterocycles. The van der Waals surface area contributed by atoms with Crippen LogP contribution in [-0.2, 0) is 9.59 Å². The van der Waals surface area contributed by atoms with E-state index in [-0.39, 0.29) is 11.8 Å². The van der Waals surface area contributed by atoms with Gasteiger partial charge in [-0.05, 0) is 37.0 Å². The predicted molar refractivity (Wildman–Crippen MR) is 99.0 cm³/mol. The molecule has 1 saturated carbocycles. The van der Waals surface area contributed by atoms with Gasteiger partial charge in [-0.15, -0.1) is 0 Å². The molecule has 2 fully saturated rings. The van der Waals surface area contributed by atoms with Crippen LogP contribution in [0.3, 0.4) is 0 Å². The first-order valence-corrected chi connectivity index (χ1v) is 9.45. The molecule has 3 rings (SSSR count). The minimum Gasteiger partial charge on any atom is -0.495 e. The van der Waals surface area contributed by atoms with E-state index in [4.69, 9.17) is 4.74 Å². The van der Waals surface area contributed by atoms with Crippen molar-refractivity contribution in [3.05, 3.63) is 18.2 Å². The highest BCUT2D eigenvalue weighted by Crippen LogP contribution is 2.34. The summed E-state index contributed by atoms with van der Waals surface area (Å²) in [5.74, 6) is 1.53. The summed E-state index contributed by atoms with van der Waals surface area (Å²) < 4.78 is 5.39. The maximum atomic E-state index is 12.3. The Labute approximate surface area is 149 Å². The summed E-state index contributed by atoms with van der Waals surface area (Å²) >= 11 is 0. The summed E-state index contributed by atoms with van der Waals surface area (Å²) in [5.41, 5.74) is 1.47. The molecule has 2 amide bonds. The van der Waals surface area contributed by atoms with E-state index in [0.29, 0.717) is 31.1 Å². The fourth-order valence-corrected chi connectivity index (χ4v) is 3.92. The molecular formula is C20H28N2O3. The molecule has 1 aromatic rings. The van der Waals surface area contributed by atoms with E-state index < -0.39 is 0 Å². The van der Waals surface area contributed by atoms with Crippen molar-refractivity contribution in [2.24, 2.45) is 5.92 Å². The second-order valence-electron chi connectivity index (χ2n) is 7.13. The lowest BCUT2D eigenvalue weighted by Crippen LogP contribution is -2.24. The molecule has 136 valence electrons. The van der Waals surface area contributed by atoms with Crippen molar-refractivity contribution in [1.82, 2.24) is 0 Å². The van der Waals surface area contributed by atoms with Gasteiger partial charge in [0.05, 0.1) is 12.8 Å². The smallest absolute Gasteiger partial charge is 0.227 e. The van der Waals surface area contributed by atoms with E-state index in [2.05, 4.69) is 5.32 Å². The third-order valence-electron chi connectivity index (χ3n) is 5.33. The molecule has 0 radical (unpaired) electrons. The molecule has 0 aromatic heterocycles. The largest absolute Gasteiger partial charge is 0.495 e. The van der Waals surface area contributed by atoms with Crippen LogP contribution in [0.1, 0.15) is 57.8 Å². The predicted octanol–water partition coefficient (Wildman–Crippen LogP) is 4.12. The number of carbonyl (C=O) groups is 2. The van der Waals surface area contributed by atoms with E-state index in [1.807, 2.05) is 18.2 Å². The van der Waals surface area contributed by atoms with Gasteiger partial charge in [-0.25, -0.2) is 0 Å². The summed E-state index contributed by atoms with van der Waals surface area (Å²) in [6.45, 7) is 0.703. The zero-order valence-electron chi connectivity index (χ0n) is 15.1. The fourth-order valence-electron chi connectivity index (χ4n) is 3.92. The minimum absolute atomic E-state index is 0.0504. The standard InChI is InChI=1S/C20H28N2O3/c1-25-18-11-10-16(14-17(18)22-13-5-8-20(22)24)21-19(23)12-9-15-6-3-2-4-7-15/h10-11,14-15H,2-9,12-13H2,1H3,(H,21,23). The first-order valence-electron chi connectivity index (χ1n) is 9.45. The number of benzene rings is 1. The molecule has 25 heavy (non-hydrogen) atoms. The van der Waals surface area contributed by atoms with Crippen LogP contribution in [0.4, 0.5) is 11.4 Å². The quantitative estimate of drug-likeness (QED) is 0.844. The lowest BCUT2D eigenvalue weighted by Gasteiger charge is -2.21. The van der Waals surface area contributed by atoms with Crippen LogP contribution in [0.5, 0.6) is 5.75 Å². The number of nitrogens with zero attached hydrogens (tertiary/aromatic N) is 1. The summed E-state index contributed by atoms with van der Waals surface area (Å²) in [4.78, 5) is 26.1. The van der Waals surface area contributed by atoms with Crippen molar-refractivity contribution >= 4 is 23.2 Å². The lowest BCUT2D eigenvalue weighted by atomic mass is 9.86. The van der Waals surface area contributed by atoms with Crippen molar-refractivity contribution in [2.75, 3.05) is 23.9 Å². The number of ether oxygens (including phenoxy) is 1. The Balaban J connectivity index is 1.61. The van der Waals surface area contributed by atoms with Gasteiger partial charge in [-0.2, -0.15) is 0 Å². The molecular weight excluding hydrogens is 316 g/mol.